The Labute approximate surface area is 129 Å². The van der Waals surface area contributed by atoms with Gasteiger partial charge >= 0.3 is 6.03 Å². The Morgan fingerprint density at radius 1 is 1.36 bits per heavy atom. The number of amides is 2. The van der Waals surface area contributed by atoms with Gasteiger partial charge in [-0.1, -0.05) is 12.1 Å². The van der Waals surface area contributed by atoms with E-state index in [0.29, 0.717) is 13.1 Å². The molecule has 1 fully saturated rings. The molecule has 2 amide bonds. The highest BCUT2D eigenvalue weighted by Gasteiger charge is 2.32. The molecule has 1 aromatic heterocycles. The summed E-state index contributed by atoms with van der Waals surface area (Å²) < 4.78 is 1.85. The molecule has 0 atom stereocenters. The number of nitrogens with one attached hydrogen (secondary N) is 1. The molecule has 0 bridgehead atoms. The molecule has 22 heavy (non-hydrogen) atoms. The topological polar surface area (TPSA) is 70.4 Å². The highest BCUT2D eigenvalue weighted by molar-refractivity contribution is 5.89. The van der Waals surface area contributed by atoms with Gasteiger partial charge in [0.25, 0.3) is 0 Å². The molecule has 0 unspecified atom stereocenters. The highest BCUT2D eigenvalue weighted by Crippen LogP contribution is 2.27. The minimum atomic E-state index is -0.142. The smallest absolute Gasteiger partial charge is 0.322 e. The highest BCUT2D eigenvalue weighted by atomic mass is 16.3. The van der Waals surface area contributed by atoms with Gasteiger partial charge in [-0.2, -0.15) is 5.10 Å². The molecule has 1 aliphatic rings. The van der Waals surface area contributed by atoms with Crippen LogP contribution in [0.5, 0.6) is 0 Å². The van der Waals surface area contributed by atoms with Crippen LogP contribution in [0.15, 0.2) is 42.7 Å². The summed E-state index contributed by atoms with van der Waals surface area (Å²) in [6.45, 7) is 1.08. The molecule has 116 valence electrons. The van der Waals surface area contributed by atoms with E-state index in [1.807, 2.05) is 41.2 Å². The largest absolute Gasteiger partial charge is 0.395 e. The fourth-order valence-electron chi connectivity index (χ4n) is 2.41. The Hall–Kier alpha value is -2.34. The molecule has 6 heteroatoms. The number of nitrogens with zero attached hydrogens (tertiary/aromatic N) is 3. The third-order valence-electron chi connectivity index (χ3n) is 3.70. The van der Waals surface area contributed by atoms with Crippen LogP contribution in [0.1, 0.15) is 18.4 Å². The van der Waals surface area contributed by atoms with E-state index in [1.54, 1.807) is 11.1 Å². The zero-order valence-corrected chi connectivity index (χ0v) is 12.4. The lowest BCUT2D eigenvalue weighted by Crippen LogP contribution is -2.38. The summed E-state index contributed by atoms with van der Waals surface area (Å²) in [6, 6.07) is 9.77. The number of aliphatic hydroxyl groups excluding tert-OH is 1. The van der Waals surface area contributed by atoms with Crippen LogP contribution in [0.25, 0.3) is 0 Å². The van der Waals surface area contributed by atoms with Crippen molar-refractivity contribution in [3.8, 4) is 0 Å². The molecule has 0 spiro atoms. The number of benzene rings is 1. The SMILES string of the molecule is O=C(Nc1ccc(Cn2cccn2)cc1)N(CCO)C1CC1. The van der Waals surface area contributed by atoms with Gasteiger partial charge in [-0.25, -0.2) is 4.79 Å². The average molecular weight is 300 g/mol. The van der Waals surface area contributed by atoms with E-state index in [4.69, 9.17) is 5.11 Å². The number of aliphatic hydroxyl groups is 1. The van der Waals surface area contributed by atoms with Gasteiger partial charge < -0.3 is 15.3 Å². The lowest BCUT2D eigenvalue weighted by molar-refractivity contribution is 0.185. The van der Waals surface area contributed by atoms with Gasteiger partial charge in [0, 0.05) is 30.7 Å². The molecule has 1 saturated carbocycles. The van der Waals surface area contributed by atoms with Gasteiger partial charge in [-0.15, -0.1) is 0 Å². The predicted molar refractivity (Wildman–Crippen MR) is 83.6 cm³/mol. The average Bonchev–Trinajstić information content (AvgIpc) is 3.23. The molecule has 3 rings (SSSR count). The lowest BCUT2D eigenvalue weighted by Gasteiger charge is -2.21. The third kappa shape index (κ3) is 3.65. The van der Waals surface area contributed by atoms with Crippen molar-refractivity contribution in [2.24, 2.45) is 0 Å². The Morgan fingerprint density at radius 3 is 2.73 bits per heavy atom. The molecule has 0 aliphatic heterocycles. The molecule has 1 aromatic carbocycles. The van der Waals surface area contributed by atoms with Gasteiger partial charge in [-0.05, 0) is 36.6 Å². The van der Waals surface area contributed by atoms with Crippen LogP contribution >= 0.6 is 0 Å². The van der Waals surface area contributed by atoms with E-state index in [9.17, 15) is 4.79 Å². The zero-order chi connectivity index (χ0) is 15.4. The molecule has 0 saturated heterocycles. The molecule has 2 N–H and O–H groups in total. The van der Waals surface area contributed by atoms with Crippen molar-refractivity contribution in [3.05, 3.63) is 48.3 Å². The van der Waals surface area contributed by atoms with Crippen molar-refractivity contribution < 1.29 is 9.90 Å². The van der Waals surface area contributed by atoms with Gasteiger partial charge in [0.15, 0.2) is 0 Å². The van der Waals surface area contributed by atoms with Crippen LogP contribution < -0.4 is 5.32 Å². The molecule has 2 aromatic rings. The standard InChI is InChI=1S/C16H20N4O2/c21-11-10-20(15-6-7-15)16(22)18-14-4-2-13(3-5-14)12-19-9-1-8-17-19/h1-5,8-9,15,21H,6-7,10-12H2,(H,18,22). The van der Waals surface area contributed by atoms with Crippen LogP contribution in [-0.2, 0) is 6.54 Å². The van der Waals surface area contributed by atoms with E-state index in [1.165, 1.54) is 0 Å². The Morgan fingerprint density at radius 2 is 2.14 bits per heavy atom. The second kappa shape index (κ2) is 6.62. The molecule has 1 aliphatic carbocycles. The summed E-state index contributed by atoms with van der Waals surface area (Å²) in [5.74, 6) is 0. The predicted octanol–water partition coefficient (Wildman–Crippen LogP) is 1.92. The second-order valence-corrected chi connectivity index (χ2v) is 5.48. The van der Waals surface area contributed by atoms with Crippen molar-refractivity contribution in [1.82, 2.24) is 14.7 Å². The minimum Gasteiger partial charge on any atom is -0.395 e. The normalized spacial score (nSPS) is 13.9. The van der Waals surface area contributed by atoms with E-state index in [-0.39, 0.29) is 18.7 Å². The zero-order valence-electron chi connectivity index (χ0n) is 12.4. The van der Waals surface area contributed by atoms with E-state index >= 15 is 0 Å². The first-order valence-electron chi connectivity index (χ1n) is 7.51. The van der Waals surface area contributed by atoms with Crippen LogP contribution in [0, 0.1) is 0 Å². The molecular weight excluding hydrogens is 280 g/mol. The number of hydrogen-bond donors (Lipinski definition) is 2. The number of carbonyl (C=O) groups excluding carboxylic acids is 1. The summed E-state index contributed by atoms with van der Waals surface area (Å²) >= 11 is 0. The number of aromatic nitrogens is 2. The maximum Gasteiger partial charge on any atom is 0.322 e. The Balaban J connectivity index is 1.59. The summed E-state index contributed by atoms with van der Waals surface area (Å²) in [5, 5.41) is 16.1. The van der Waals surface area contributed by atoms with Crippen LogP contribution in [0.4, 0.5) is 10.5 Å². The molecule has 1 heterocycles. The van der Waals surface area contributed by atoms with Gasteiger partial charge in [0.1, 0.15) is 0 Å². The van der Waals surface area contributed by atoms with Crippen molar-refractivity contribution in [2.75, 3.05) is 18.5 Å². The quantitative estimate of drug-likeness (QED) is 0.856. The summed E-state index contributed by atoms with van der Waals surface area (Å²) in [7, 11) is 0. The van der Waals surface area contributed by atoms with Crippen molar-refractivity contribution in [1.29, 1.82) is 0 Å². The first kappa shape index (κ1) is 14.6. The summed E-state index contributed by atoms with van der Waals surface area (Å²) in [5.41, 5.74) is 1.88. The second-order valence-electron chi connectivity index (χ2n) is 5.48. The van der Waals surface area contributed by atoms with Crippen molar-refractivity contribution >= 4 is 11.7 Å². The summed E-state index contributed by atoms with van der Waals surface area (Å²) in [6.07, 6.45) is 5.72. The fourth-order valence-corrected chi connectivity index (χ4v) is 2.41. The number of rotatable bonds is 6. The number of urea groups is 1. The van der Waals surface area contributed by atoms with Gasteiger partial charge in [0.05, 0.1) is 13.2 Å². The van der Waals surface area contributed by atoms with E-state index < -0.39 is 0 Å². The lowest BCUT2D eigenvalue weighted by atomic mass is 10.2. The third-order valence-corrected chi connectivity index (χ3v) is 3.70. The Bertz CT molecular complexity index is 606. The monoisotopic (exact) mass is 300 g/mol. The molecular formula is C16H20N4O2. The first-order chi connectivity index (χ1) is 10.8. The van der Waals surface area contributed by atoms with Crippen LogP contribution in [0.3, 0.4) is 0 Å². The maximum atomic E-state index is 12.2. The summed E-state index contributed by atoms with van der Waals surface area (Å²) in [4.78, 5) is 13.9. The van der Waals surface area contributed by atoms with Crippen molar-refractivity contribution in [2.45, 2.75) is 25.4 Å². The van der Waals surface area contributed by atoms with Crippen LogP contribution in [-0.4, -0.2) is 45.0 Å². The number of anilines is 1. The van der Waals surface area contributed by atoms with E-state index in [0.717, 1.165) is 24.1 Å². The van der Waals surface area contributed by atoms with Gasteiger partial charge in [-0.3, -0.25) is 4.68 Å². The minimum absolute atomic E-state index is 0.00721. The first-order valence-corrected chi connectivity index (χ1v) is 7.51. The molecule has 6 nitrogen and oxygen atoms in total. The van der Waals surface area contributed by atoms with Gasteiger partial charge in [0.2, 0.25) is 0 Å². The number of carbonyl (C=O) groups is 1. The van der Waals surface area contributed by atoms with E-state index in [2.05, 4.69) is 10.4 Å². The fraction of sp³-hybridized carbons (Fsp3) is 0.375. The molecule has 0 radical (unpaired) electrons. The van der Waals surface area contributed by atoms with Crippen molar-refractivity contribution in [3.63, 3.8) is 0 Å². The number of hydrogen-bond acceptors (Lipinski definition) is 3. The van der Waals surface area contributed by atoms with Crippen LogP contribution in [0.2, 0.25) is 0 Å². The maximum absolute atomic E-state index is 12.2. The Kier molecular flexibility index (Phi) is 4.39.